The van der Waals surface area contributed by atoms with Crippen LogP contribution in [0.25, 0.3) is 0 Å². The first-order chi connectivity index (χ1) is 12.1. The third kappa shape index (κ3) is 4.90. The van der Waals surface area contributed by atoms with Crippen molar-refractivity contribution in [2.75, 3.05) is 11.9 Å². The van der Waals surface area contributed by atoms with Gasteiger partial charge in [-0.25, -0.2) is 4.98 Å². The largest absolute Gasteiger partial charge is 0.355 e. The van der Waals surface area contributed by atoms with Crippen LogP contribution in [0.15, 0.2) is 47.8 Å². The molecule has 130 valence electrons. The van der Waals surface area contributed by atoms with Crippen molar-refractivity contribution >= 4 is 17.5 Å². The summed E-state index contributed by atoms with van der Waals surface area (Å²) in [5.41, 5.74) is 1.70. The number of halogens is 1. The van der Waals surface area contributed by atoms with E-state index in [1.54, 1.807) is 29.5 Å². The van der Waals surface area contributed by atoms with Gasteiger partial charge in [0.15, 0.2) is 0 Å². The van der Waals surface area contributed by atoms with E-state index in [2.05, 4.69) is 25.4 Å². The summed E-state index contributed by atoms with van der Waals surface area (Å²) < 4.78 is 1.74. The molecule has 0 saturated heterocycles. The molecule has 0 aliphatic heterocycles. The minimum absolute atomic E-state index is 0.0269. The van der Waals surface area contributed by atoms with Crippen LogP contribution in [0.3, 0.4) is 0 Å². The first kappa shape index (κ1) is 17.2. The van der Waals surface area contributed by atoms with Crippen LogP contribution >= 0.6 is 11.6 Å². The fourth-order valence-corrected chi connectivity index (χ4v) is 2.66. The van der Waals surface area contributed by atoms with Gasteiger partial charge in [-0.15, -0.1) is 0 Å². The van der Waals surface area contributed by atoms with E-state index >= 15 is 0 Å². The van der Waals surface area contributed by atoms with Gasteiger partial charge in [0.25, 0.3) is 5.56 Å². The van der Waals surface area contributed by atoms with Crippen LogP contribution in [0.2, 0.25) is 5.02 Å². The maximum atomic E-state index is 11.9. The molecule has 2 N–H and O–H groups in total. The lowest BCUT2D eigenvalue weighted by molar-refractivity contribution is 0.534. The van der Waals surface area contributed by atoms with Crippen LogP contribution in [0.1, 0.15) is 24.1 Å². The summed E-state index contributed by atoms with van der Waals surface area (Å²) in [5, 5.41) is 7.91. The van der Waals surface area contributed by atoms with Gasteiger partial charge in [0.2, 0.25) is 5.95 Å². The highest BCUT2D eigenvalue weighted by Crippen LogP contribution is 2.16. The molecule has 0 unspecified atom stereocenters. The second-order valence-electron chi connectivity index (χ2n) is 5.83. The first-order valence-corrected chi connectivity index (χ1v) is 8.40. The van der Waals surface area contributed by atoms with Crippen LogP contribution in [-0.2, 0) is 13.0 Å². The Morgan fingerprint density at radius 2 is 2.16 bits per heavy atom. The third-order valence-electron chi connectivity index (χ3n) is 3.78. The number of nitrogens with zero attached hydrogens (tertiary/aromatic N) is 4. The van der Waals surface area contributed by atoms with E-state index in [-0.39, 0.29) is 11.5 Å². The summed E-state index contributed by atoms with van der Waals surface area (Å²) in [4.78, 5) is 23.2. The summed E-state index contributed by atoms with van der Waals surface area (Å²) in [7, 11) is 0. The summed E-state index contributed by atoms with van der Waals surface area (Å²) in [6, 6.07) is 5.45. The maximum Gasteiger partial charge on any atom is 0.252 e. The zero-order valence-electron chi connectivity index (χ0n) is 13.8. The second kappa shape index (κ2) is 7.94. The molecule has 3 aromatic rings. The molecule has 0 bridgehead atoms. The molecule has 0 aliphatic carbocycles. The van der Waals surface area contributed by atoms with Crippen LogP contribution in [-0.4, -0.2) is 31.3 Å². The smallest absolute Gasteiger partial charge is 0.252 e. The highest BCUT2D eigenvalue weighted by Gasteiger charge is 2.11. The van der Waals surface area contributed by atoms with Gasteiger partial charge in [-0.05, 0) is 24.1 Å². The SMILES string of the molecule is C[C@H](Cn1cc(Cl)cn1)c1cc(=O)[nH]c(NCCc2ccncc2)n1. The van der Waals surface area contributed by atoms with Crippen LogP contribution in [0.4, 0.5) is 5.95 Å². The van der Waals surface area contributed by atoms with Gasteiger partial charge < -0.3 is 5.32 Å². The lowest BCUT2D eigenvalue weighted by Gasteiger charge is -2.12. The number of nitrogens with one attached hydrogen (secondary N) is 2. The van der Waals surface area contributed by atoms with E-state index in [0.29, 0.717) is 29.8 Å². The Labute approximate surface area is 150 Å². The molecule has 3 aromatic heterocycles. The second-order valence-corrected chi connectivity index (χ2v) is 6.27. The molecule has 0 spiro atoms. The number of aromatic amines is 1. The molecule has 0 radical (unpaired) electrons. The molecule has 0 saturated carbocycles. The monoisotopic (exact) mass is 358 g/mol. The van der Waals surface area contributed by atoms with Gasteiger partial charge in [0.1, 0.15) is 0 Å². The zero-order chi connectivity index (χ0) is 17.6. The first-order valence-electron chi connectivity index (χ1n) is 8.02. The molecule has 3 rings (SSSR count). The number of hydrogen-bond acceptors (Lipinski definition) is 5. The molecule has 8 heteroatoms. The fraction of sp³-hybridized carbons (Fsp3) is 0.294. The van der Waals surface area contributed by atoms with Crippen molar-refractivity contribution in [2.24, 2.45) is 0 Å². The molecule has 1 atom stereocenters. The lowest BCUT2D eigenvalue weighted by atomic mass is 10.1. The maximum absolute atomic E-state index is 11.9. The molecule has 0 aliphatic rings. The Morgan fingerprint density at radius 1 is 1.36 bits per heavy atom. The summed E-state index contributed by atoms with van der Waals surface area (Å²) in [6.45, 7) is 3.26. The van der Waals surface area contributed by atoms with Gasteiger partial charge in [-0.2, -0.15) is 5.10 Å². The fourth-order valence-electron chi connectivity index (χ4n) is 2.50. The van der Waals surface area contributed by atoms with E-state index in [0.717, 1.165) is 6.42 Å². The highest BCUT2D eigenvalue weighted by atomic mass is 35.5. The Bertz CT molecular complexity index is 876. The lowest BCUT2D eigenvalue weighted by Crippen LogP contribution is -2.18. The summed E-state index contributed by atoms with van der Waals surface area (Å²) in [5.74, 6) is 0.501. The van der Waals surface area contributed by atoms with Crippen LogP contribution in [0, 0.1) is 0 Å². The number of rotatable bonds is 7. The van der Waals surface area contributed by atoms with Crippen molar-refractivity contribution in [1.29, 1.82) is 0 Å². The predicted octanol–water partition coefficient (Wildman–Crippen LogP) is 2.47. The number of pyridine rings is 1. The molecule has 3 heterocycles. The third-order valence-corrected chi connectivity index (χ3v) is 3.98. The Balaban J connectivity index is 1.64. The predicted molar refractivity (Wildman–Crippen MR) is 96.9 cm³/mol. The van der Waals surface area contributed by atoms with Crippen molar-refractivity contribution in [3.05, 3.63) is 69.6 Å². The van der Waals surface area contributed by atoms with Crippen molar-refractivity contribution in [2.45, 2.75) is 25.8 Å². The van der Waals surface area contributed by atoms with Gasteiger partial charge in [0.05, 0.1) is 16.9 Å². The Morgan fingerprint density at radius 3 is 2.88 bits per heavy atom. The zero-order valence-corrected chi connectivity index (χ0v) is 14.6. The molecule has 0 amide bonds. The minimum atomic E-state index is -0.179. The standard InChI is InChI=1S/C17H19ClN6O/c1-12(10-24-11-14(18)9-21-24)15-8-16(25)23-17(22-15)20-7-4-13-2-5-19-6-3-13/h2-3,5-6,8-9,11-12H,4,7,10H2,1H3,(H2,20,22,23,25)/t12-/m1/s1. The Hall–Kier alpha value is -2.67. The minimum Gasteiger partial charge on any atom is -0.355 e. The van der Waals surface area contributed by atoms with E-state index in [9.17, 15) is 4.79 Å². The van der Waals surface area contributed by atoms with Crippen molar-refractivity contribution in [3.63, 3.8) is 0 Å². The van der Waals surface area contributed by atoms with E-state index in [1.807, 2.05) is 19.1 Å². The van der Waals surface area contributed by atoms with Gasteiger partial charge in [-0.3, -0.25) is 19.4 Å². The van der Waals surface area contributed by atoms with E-state index < -0.39 is 0 Å². The number of aromatic nitrogens is 5. The Kier molecular flexibility index (Phi) is 5.45. The topological polar surface area (TPSA) is 88.5 Å². The highest BCUT2D eigenvalue weighted by molar-refractivity contribution is 6.30. The summed E-state index contributed by atoms with van der Waals surface area (Å²) >= 11 is 5.88. The average Bonchev–Trinajstić information content (AvgIpc) is 3.00. The number of H-pyrrole nitrogens is 1. The molecule has 25 heavy (non-hydrogen) atoms. The molecule has 0 fully saturated rings. The molecule has 0 aromatic carbocycles. The summed E-state index contributed by atoms with van der Waals surface area (Å²) in [6.07, 6.45) is 7.68. The van der Waals surface area contributed by atoms with Gasteiger partial charge >= 0.3 is 0 Å². The number of hydrogen-bond donors (Lipinski definition) is 2. The van der Waals surface area contributed by atoms with Gasteiger partial charge in [-0.1, -0.05) is 18.5 Å². The van der Waals surface area contributed by atoms with E-state index in [1.165, 1.54) is 11.6 Å². The van der Waals surface area contributed by atoms with E-state index in [4.69, 9.17) is 11.6 Å². The van der Waals surface area contributed by atoms with Crippen LogP contribution in [0.5, 0.6) is 0 Å². The van der Waals surface area contributed by atoms with Crippen molar-refractivity contribution in [1.82, 2.24) is 24.7 Å². The number of anilines is 1. The molecule has 7 nitrogen and oxygen atoms in total. The normalized spacial score (nSPS) is 12.1. The quantitative estimate of drug-likeness (QED) is 0.677. The van der Waals surface area contributed by atoms with Crippen LogP contribution < -0.4 is 10.9 Å². The van der Waals surface area contributed by atoms with Gasteiger partial charge in [0, 0.05) is 43.7 Å². The average molecular weight is 359 g/mol. The van der Waals surface area contributed by atoms with Crippen molar-refractivity contribution in [3.8, 4) is 0 Å². The molecular weight excluding hydrogens is 340 g/mol. The molecular formula is C17H19ClN6O. The van der Waals surface area contributed by atoms with Crippen molar-refractivity contribution < 1.29 is 0 Å².